The largest absolute Gasteiger partial charge is 0.454 e. The maximum absolute atomic E-state index is 12.5. The van der Waals surface area contributed by atoms with E-state index in [9.17, 15) is 34.6 Å². The van der Waals surface area contributed by atoms with Gasteiger partial charge in [-0.2, -0.15) is 5.26 Å². The van der Waals surface area contributed by atoms with Gasteiger partial charge in [0.05, 0.1) is 16.1 Å². The summed E-state index contributed by atoms with van der Waals surface area (Å²) in [7, 11) is 0. The number of hydrogen-bond donors (Lipinski definition) is 1. The number of nitrogens with zero attached hydrogens (tertiary/aromatic N) is 3. The van der Waals surface area contributed by atoms with Crippen molar-refractivity contribution in [1.82, 2.24) is 4.90 Å². The van der Waals surface area contributed by atoms with Crippen molar-refractivity contribution in [2.45, 2.75) is 32.1 Å². The Labute approximate surface area is 197 Å². The van der Waals surface area contributed by atoms with E-state index in [0.29, 0.717) is 15.5 Å². The molecular weight excluding hydrogens is 464 g/mol. The third kappa shape index (κ3) is 4.25. The van der Waals surface area contributed by atoms with E-state index in [1.54, 1.807) is 0 Å². The zero-order valence-electron chi connectivity index (χ0n) is 17.8. The molecule has 12 heteroatoms. The normalized spacial score (nSPS) is 14.6. The van der Waals surface area contributed by atoms with Crippen LogP contribution >= 0.6 is 11.3 Å². The molecule has 2 aliphatic rings. The summed E-state index contributed by atoms with van der Waals surface area (Å²) in [4.78, 5) is 61.5. The van der Waals surface area contributed by atoms with Crippen molar-refractivity contribution < 1.29 is 28.8 Å². The first-order valence-electron chi connectivity index (χ1n) is 10.5. The molecule has 0 unspecified atom stereocenters. The molecule has 2 heterocycles. The van der Waals surface area contributed by atoms with Gasteiger partial charge in [-0.15, -0.1) is 11.3 Å². The highest BCUT2D eigenvalue weighted by molar-refractivity contribution is 7.16. The number of nitro benzene ring substituents is 1. The van der Waals surface area contributed by atoms with Crippen LogP contribution in [-0.4, -0.2) is 46.7 Å². The quantitative estimate of drug-likeness (QED) is 0.216. The van der Waals surface area contributed by atoms with Crippen molar-refractivity contribution >= 4 is 45.7 Å². The van der Waals surface area contributed by atoms with Gasteiger partial charge in [0.1, 0.15) is 23.2 Å². The van der Waals surface area contributed by atoms with Gasteiger partial charge in [-0.1, -0.05) is 12.5 Å². The number of imide groups is 1. The smallest absolute Gasteiger partial charge is 0.326 e. The molecule has 174 valence electrons. The lowest BCUT2D eigenvalue weighted by molar-refractivity contribution is -0.385. The Morgan fingerprint density at radius 3 is 2.71 bits per heavy atom. The Hall–Kier alpha value is -4.11. The van der Waals surface area contributed by atoms with Gasteiger partial charge in [0.25, 0.3) is 23.4 Å². The number of carbonyl (C=O) groups is 4. The van der Waals surface area contributed by atoms with Crippen LogP contribution in [0.1, 0.15) is 56.0 Å². The van der Waals surface area contributed by atoms with Crippen LogP contribution in [0.3, 0.4) is 0 Å². The predicted octanol–water partition coefficient (Wildman–Crippen LogP) is 2.57. The Morgan fingerprint density at radius 1 is 1.21 bits per heavy atom. The monoisotopic (exact) mass is 482 g/mol. The Bertz CT molecular complexity index is 1280. The van der Waals surface area contributed by atoms with Gasteiger partial charge in [0.15, 0.2) is 6.61 Å². The van der Waals surface area contributed by atoms with Gasteiger partial charge in [0, 0.05) is 10.9 Å². The van der Waals surface area contributed by atoms with Gasteiger partial charge in [-0.25, -0.2) is 0 Å². The van der Waals surface area contributed by atoms with Gasteiger partial charge in [-0.3, -0.25) is 34.2 Å². The summed E-state index contributed by atoms with van der Waals surface area (Å²) in [5.74, 6) is -3.54. The number of nitrogens with one attached hydrogen (secondary N) is 1. The van der Waals surface area contributed by atoms with Crippen LogP contribution in [-0.2, 0) is 27.2 Å². The molecule has 0 radical (unpaired) electrons. The van der Waals surface area contributed by atoms with E-state index in [-0.39, 0.29) is 11.1 Å². The standard InChI is InChI=1S/C22H18N4O7S/c23-9-14-12-5-2-1-3-8-16(12)34-20(14)24-17(27)11-33-18(28)10-25-21(29)13-6-4-7-15(26(31)32)19(13)22(25)30/h4,6-7H,1-3,5,8,10-11H2,(H,24,27). The highest BCUT2D eigenvalue weighted by atomic mass is 32.1. The molecule has 1 aromatic carbocycles. The molecule has 4 rings (SSSR count). The number of nitriles is 1. The van der Waals surface area contributed by atoms with Gasteiger partial charge < -0.3 is 10.1 Å². The second-order valence-corrected chi connectivity index (χ2v) is 8.85. The molecule has 34 heavy (non-hydrogen) atoms. The highest BCUT2D eigenvalue weighted by Gasteiger charge is 2.42. The lowest BCUT2D eigenvalue weighted by atomic mass is 10.1. The van der Waals surface area contributed by atoms with Crippen molar-refractivity contribution in [2.75, 3.05) is 18.5 Å². The topological polar surface area (TPSA) is 160 Å². The fraction of sp³-hybridized carbons (Fsp3) is 0.318. The fourth-order valence-electron chi connectivity index (χ4n) is 4.04. The van der Waals surface area contributed by atoms with E-state index in [1.807, 2.05) is 0 Å². The predicted molar refractivity (Wildman–Crippen MR) is 118 cm³/mol. The second-order valence-electron chi connectivity index (χ2n) is 7.74. The number of esters is 1. The maximum Gasteiger partial charge on any atom is 0.326 e. The zero-order chi connectivity index (χ0) is 24.4. The first kappa shape index (κ1) is 23.1. The van der Waals surface area contributed by atoms with Crippen molar-refractivity contribution in [3.05, 3.63) is 55.4 Å². The Balaban J connectivity index is 1.37. The fourth-order valence-corrected chi connectivity index (χ4v) is 5.30. The molecule has 0 saturated carbocycles. The Morgan fingerprint density at radius 2 is 1.97 bits per heavy atom. The molecular formula is C22H18N4O7S. The van der Waals surface area contributed by atoms with Gasteiger partial charge in [0.2, 0.25) is 0 Å². The van der Waals surface area contributed by atoms with E-state index in [1.165, 1.54) is 23.5 Å². The number of ether oxygens (including phenoxy) is 1. The summed E-state index contributed by atoms with van der Waals surface area (Å²) in [6.45, 7) is -1.48. The summed E-state index contributed by atoms with van der Waals surface area (Å²) < 4.78 is 4.90. The molecule has 1 N–H and O–H groups in total. The lowest BCUT2D eigenvalue weighted by Crippen LogP contribution is -2.36. The van der Waals surface area contributed by atoms with E-state index in [2.05, 4.69) is 11.4 Å². The molecule has 1 aromatic heterocycles. The second kappa shape index (κ2) is 9.40. The summed E-state index contributed by atoms with van der Waals surface area (Å²) in [6, 6.07) is 5.76. The summed E-state index contributed by atoms with van der Waals surface area (Å²) >= 11 is 1.34. The maximum atomic E-state index is 12.5. The number of rotatable bonds is 6. The van der Waals surface area contributed by atoms with E-state index in [0.717, 1.165) is 48.6 Å². The molecule has 0 atom stereocenters. The third-order valence-corrected chi connectivity index (χ3v) is 6.82. The lowest BCUT2D eigenvalue weighted by Gasteiger charge is -2.12. The summed E-state index contributed by atoms with van der Waals surface area (Å²) in [5.41, 5.74) is 0.288. The first-order valence-corrected chi connectivity index (χ1v) is 11.3. The summed E-state index contributed by atoms with van der Waals surface area (Å²) in [5, 5.41) is 23.7. The molecule has 1 aliphatic heterocycles. The Kier molecular flexibility index (Phi) is 6.38. The molecule has 0 bridgehead atoms. The van der Waals surface area contributed by atoms with Crippen LogP contribution in [0.5, 0.6) is 0 Å². The van der Waals surface area contributed by atoms with Crippen molar-refractivity contribution in [1.29, 1.82) is 5.26 Å². The molecule has 1 aliphatic carbocycles. The van der Waals surface area contributed by atoms with Gasteiger partial charge >= 0.3 is 5.97 Å². The van der Waals surface area contributed by atoms with Crippen LogP contribution in [0.2, 0.25) is 0 Å². The highest BCUT2D eigenvalue weighted by Crippen LogP contribution is 2.37. The van der Waals surface area contributed by atoms with Gasteiger partial charge in [-0.05, 0) is 37.3 Å². The molecule has 11 nitrogen and oxygen atoms in total. The SMILES string of the molecule is N#Cc1c(NC(=O)COC(=O)CN2C(=O)c3cccc([N+](=O)[O-])c3C2=O)sc2c1CCCCC2. The van der Waals surface area contributed by atoms with Crippen molar-refractivity contribution in [3.63, 3.8) is 0 Å². The number of thiophene rings is 1. The van der Waals surface area contributed by atoms with E-state index >= 15 is 0 Å². The van der Waals surface area contributed by atoms with Crippen LogP contribution in [0, 0.1) is 21.4 Å². The van der Waals surface area contributed by atoms with Crippen molar-refractivity contribution in [3.8, 4) is 6.07 Å². The van der Waals surface area contributed by atoms with Crippen LogP contribution in [0.15, 0.2) is 18.2 Å². The number of benzene rings is 1. The first-order chi connectivity index (χ1) is 16.3. The van der Waals surface area contributed by atoms with E-state index < -0.39 is 47.5 Å². The van der Waals surface area contributed by atoms with Crippen LogP contribution < -0.4 is 5.32 Å². The van der Waals surface area contributed by atoms with Crippen molar-refractivity contribution in [2.24, 2.45) is 0 Å². The molecule has 0 saturated heterocycles. The average molecular weight is 482 g/mol. The molecule has 2 aromatic rings. The third-order valence-electron chi connectivity index (χ3n) is 5.61. The number of fused-ring (bicyclic) bond motifs is 2. The minimum absolute atomic E-state index is 0.175. The number of aryl methyl sites for hydroxylation is 1. The zero-order valence-corrected chi connectivity index (χ0v) is 18.6. The van der Waals surface area contributed by atoms with Crippen LogP contribution in [0.4, 0.5) is 10.7 Å². The number of amides is 3. The van der Waals surface area contributed by atoms with Crippen LogP contribution in [0.25, 0.3) is 0 Å². The summed E-state index contributed by atoms with van der Waals surface area (Å²) in [6.07, 6.45) is 4.70. The average Bonchev–Trinajstić information content (AvgIpc) is 3.13. The van der Waals surface area contributed by atoms with E-state index in [4.69, 9.17) is 4.74 Å². The molecule has 3 amide bonds. The number of anilines is 1. The number of nitro groups is 1. The number of hydrogen-bond acceptors (Lipinski definition) is 9. The minimum Gasteiger partial charge on any atom is -0.454 e. The number of carbonyl (C=O) groups excluding carboxylic acids is 4. The molecule has 0 spiro atoms. The molecule has 0 fully saturated rings. The minimum atomic E-state index is -1.03.